The van der Waals surface area contributed by atoms with E-state index in [4.69, 9.17) is 17.3 Å². The van der Waals surface area contributed by atoms with Crippen LogP contribution >= 0.6 is 24.0 Å². The van der Waals surface area contributed by atoms with Crippen molar-refractivity contribution in [3.05, 3.63) is 28.8 Å². The van der Waals surface area contributed by atoms with Gasteiger partial charge in [-0.2, -0.15) is 0 Å². The lowest BCUT2D eigenvalue weighted by Gasteiger charge is -2.34. The van der Waals surface area contributed by atoms with Gasteiger partial charge in [-0.25, -0.2) is 4.79 Å². The number of carbonyl (C=O) groups excluding carboxylic acids is 1. The maximum absolute atomic E-state index is 11.2. The Hall–Kier alpha value is -1.13. The predicted octanol–water partition coefficient (Wildman–Crippen LogP) is 2.42. The summed E-state index contributed by atoms with van der Waals surface area (Å²) < 4.78 is 0. The number of fused-ring (bicyclic) bond motifs is 3. The average molecular weight is 288 g/mol. The number of nitrogens with two attached hydrogens (primary N) is 1. The molecule has 4 nitrogen and oxygen atoms in total. The second-order valence-corrected chi connectivity index (χ2v) is 5.10. The summed E-state index contributed by atoms with van der Waals surface area (Å²) in [7, 11) is 0. The van der Waals surface area contributed by atoms with Crippen LogP contribution in [0.3, 0.4) is 0 Å². The lowest BCUT2D eigenvalue weighted by atomic mass is 9.89. The first-order valence-corrected chi connectivity index (χ1v) is 6.13. The van der Waals surface area contributed by atoms with Gasteiger partial charge in [0.05, 0.1) is 0 Å². The van der Waals surface area contributed by atoms with E-state index in [1.54, 1.807) is 4.90 Å². The molecule has 6 heteroatoms. The summed E-state index contributed by atoms with van der Waals surface area (Å²) >= 11 is 6.02. The van der Waals surface area contributed by atoms with E-state index in [0.717, 1.165) is 23.7 Å². The lowest BCUT2D eigenvalue weighted by Crippen LogP contribution is -2.47. The van der Waals surface area contributed by atoms with Gasteiger partial charge in [0.2, 0.25) is 0 Å². The third kappa shape index (κ3) is 2.10. The second-order valence-electron chi connectivity index (χ2n) is 4.66. The average Bonchev–Trinajstić information content (AvgIpc) is 2.66. The van der Waals surface area contributed by atoms with Gasteiger partial charge in [-0.1, -0.05) is 11.6 Å². The van der Waals surface area contributed by atoms with Crippen molar-refractivity contribution in [1.82, 2.24) is 4.90 Å². The molecule has 18 heavy (non-hydrogen) atoms. The molecule has 3 rings (SSSR count). The molecule has 2 aliphatic rings. The first kappa shape index (κ1) is 13.3. The second kappa shape index (κ2) is 4.86. The van der Waals surface area contributed by atoms with Gasteiger partial charge in [-0.15, -0.1) is 12.4 Å². The number of hydrogen-bond acceptors (Lipinski definition) is 2. The van der Waals surface area contributed by atoms with E-state index in [9.17, 15) is 4.79 Å². The molecule has 2 aliphatic heterocycles. The standard InChI is InChI=1S/C12H14ClN3O.ClH/c13-7-1-2-10-8(5-7)9-6-16(12(14)17)4-3-11(9)15-10;/h1-2,5,9,11,15H,3-4,6H2,(H2,14,17);1H/t9-,11+;/m0./s1. The fraction of sp³-hybridized carbons (Fsp3) is 0.417. The predicted molar refractivity (Wildman–Crippen MR) is 74.6 cm³/mol. The van der Waals surface area contributed by atoms with Crippen LogP contribution in [0.1, 0.15) is 17.9 Å². The molecule has 1 aromatic rings. The van der Waals surface area contributed by atoms with Crippen molar-refractivity contribution in [2.24, 2.45) is 5.73 Å². The summed E-state index contributed by atoms with van der Waals surface area (Å²) in [4.78, 5) is 12.9. The minimum absolute atomic E-state index is 0. The fourth-order valence-corrected chi connectivity index (χ4v) is 2.99. The van der Waals surface area contributed by atoms with Gasteiger partial charge in [0.1, 0.15) is 0 Å². The van der Waals surface area contributed by atoms with Crippen molar-refractivity contribution >= 4 is 35.7 Å². The molecular formula is C12H15Cl2N3O. The van der Waals surface area contributed by atoms with E-state index >= 15 is 0 Å². The van der Waals surface area contributed by atoms with Gasteiger partial charge in [0.25, 0.3) is 0 Å². The van der Waals surface area contributed by atoms with Crippen LogP contribution in [-0.4, -0.2) is 30.1 Å². The van der Waals surface area contributed by atoms with Crippen molar-refractivity contribution in [2.45, 2.75) is 18.4 Å². The van der Waals surface area contributed by atoms with Gasteiger partial charge in [-0.3, -0.25) is 0 Å². The number of rotatable bonds is 0. The minimum atomic E-state index is -0.334. The highest BCUT2D eigenvalue weighted by atomic mass is 35.5. The molecule has 0 bridgehead atoms. The number of nitrogens with zero attached hydrogens (tertiary/aromatic N) is 1. The van der Waals surface area contributed by atoms with Crippen LogP contribution in [0.15, 0.2) is 18.2 Å². The number of primary amides is 1. The Balaban J connectivity index is 0.00000120. The van der Waals surface area contributed by atoms with E-state index in [0.29, 0.717) is 18.5 Å². The number of carbonyl (C=O) groups is 1. The maximum Gasteiger partial charge on any atom is 0.314 e. The smallest absolute Gasteiger partial charge is 0.314 e. The fourth-order valence-electron chi connectivity index (χ4n) is 2.81. The molecule has 98 valence electrons. The van der Waals surface area contributed by atoms with Crippen molar-refractivity contribution in [2.75, 3.05) is 18.4 Å². The van der Waals surface area contributed by atoms with E-state index in [-0.39, 0.29) is 18.4 Å². The van der Waals surface area contributed by atoms with Crippen molar-refractivity contribution < 1.29 is 4.79 Å². The van der Waals surface area contributed by atoms with Gasteiger partial charge < -0.3 is 16.0 Å². The van der Waals surface area contributed by atoms with Gasteiger partial charge in [-0.05, 0) is 30.2 Å². The van der Waals surface area contributed by atoms with Crippen LogP contribution in [-0.2, 0) is 0 Å². The zero-order valence-electron chi connectivity index (χ0n) is 9.73. The van der Waals surface area contributed by atoms with E-state index in [2.05, 4.69) is 5.32 Å². The highest BCUT2D eigenvalue weighted by Gasteiger charge is 2.37. The molecule has 1 fully saturated rings. The quantitative estimate of drug-likeness (QED) is 0.770. The van der Waals surface area contributed by atoms with E-state index in [1.807, 2.05) is 18.2 Å². The zero-order chi connectivity index (χ0) is 12.0. The Kier molecular flexibility index (Phi) is 3.59. The molecular weight excluding hydrogens is 273 g/mol. The summed E-state index contributed by atoms with van der Waals surface area (Å²) in [5, 5.41) is 4.22. The topological polar surface area (TPSA) is 58.4 Å². The van der Waals surface area contributed by atoms with Crippen LogP contribution in [0.25, 0.3) is 0 Å². The third-order valence-electron chi connectivity index (χ3n) is 3.68. The number of nitrogens with one attached hydrogen (secondary N) is 1. The summed E-state index contributed by atoms with van der Waals surface area (Å²) in [6, 6.07) is 5.94. The number of likely N-dealkylation sites (tertiary alicyclic amines) is 1. The molecule has 0 saturated carbocycles. The van der Waals surface area contributed by atoms with Crippen LogP contribution in [0.2, 0.25) is 5.02 Å². The Morgan fingerprint density at radius 3 is 3.00 bits per heavy atom. The third-order valence-corrected chi connectivity index (χ3v) is 3.91. The Morgan fingerprint density at radius 1 is 1.50 bits per heavy atom. The zero-order valence-corrected chi connectivity index (χ0v) is 11.3. The number of halogens is 2. The number of anilines is 1. The Morgan fingerprint density at radius 2 is 2.28 bits per heavy atom. The van der Waals surface area contributed by atoms with Crippen LogP contribution in [0, 0.1) is 0 Å². The number of hydrogen-bond donors (Lipinski definition) is 2. The van der Waals surface area contributed by atoms with E-state index in [1.165, 1.54) is 5.56 Å². The monoisotopic (exact) mass is 287 g/mol. The first-order valence-electron chi connectivity index (χ1n) is 5.75. The molecule has 2 atom stereocenters. The first-order chi connectivity index (χ1) is 8.15. The summed E-state index contributed by atoms with van der Waals surface area (Å²) in [6.07, 6.45) is 0.930. The van der Waals surface area contributed by atoms with Gasteiger partial charge >= 0.3 is 6.03 Å². The normalized spacial score (nSPS) is 24.6. The molecule has 0 unspecified atom stereocenters. The molecule has 0 aliphatic carbocycles. The lowest BCUT2D eigenvalue weighted by molar-refractivity contribution is 0.186. The SMILES string of the molecule is Cl.NC(=O)N1CC[C@H]2Nc3ccc(Cl)cc3[C@@H]2C1. The maximum atomic E-state index is 11.2. The molecule has 2 heterocycles. The highest BCUT2D eigenvalue weighted by Crippen LogP contribution is 2.41. The molecule has 1 saturated heterocycles. The number of urea groups is 1. The molecule has 1 aromatic carbocycles. The van der Waals surface area contributed by atoms with Crippen molar-refractivity contribution in [3.8, 4) is 0 Å². The van der Waals surface area contributed by atoms with Crippen molar-refractivity contribution in [1.29, 1.82) is 0 Å². The van der Waals surface area contributed by atoms with Gasteiger partial charge in [0, 0.05) is 35.8 Å². The molecule has 0 spiro atoms. The van der Waals surface area contributed by atoms with E-state index < -0.39 is 0 Å². The molecule has 2 amide bonds. The molecule has 0 radical (unpaired) electrons. The molecule has 3 N–H and O–H groups in total. The minimum Gasteiger partial charge on any atom is -0.381 e. The van der Waals surface area contributed by atoms with Crippen LogP contribution in [0.5, 0.6) is 0 Å². The summed E-state index contributed by atoms with van der Waals surface area (Å²) in [5.41, 5.74) is 7.68. The molecule has 0 aromatic heterocycles. The van der Waals surface area contributed by atoms with Crippen LogP contribution < -0.4 is 11.1 Å². The number of amides is 2. The Labute approximate surface area is 117 Å². The summed E-state index contributed by atoms with van der Waals surface area (Å²) in [6.45, 7) is 1.41. The Bertz CT molecular complexity index is 480. The highest BCUT2D eigenvalue weighted by molar-refractivity contribution is 6.30. The largest absolute Gasteiger partial charge is 0.381 e. The van der Waals surface area contributed by atoms with Gasteiger partial charge in [0.15, 0.2) is 0 Å². The van der Waals surface area contributed by atoms with Crippen molar-refractivity contribution in [3.63, 3.8) is 0 Å². The summed E-state index contributed by atoms with van der Waals surface area (Å²) in [5.74, 6) is 0.310. The van der Waals surface area contributed by atoms with Crippen LogP contribution in [0.4, 0.5) is 10.5 Å². The number of benzene rings is 1. The number of piperidine rings is 1.